The second kappa shape index (κ2) is 9.02. The normalized spacial score (nSPS) is 11.8. The van der Waals surface area contributed by atoms with Crippen molar-refractivity contribution in [2.45, 2.75) is 39.7 Å². The molecule has 0 aromatic heterocycles. The van der Waals surface area contributed by atoms with Crippen molar-refractivity contribution < 1.29 is 14.3 Å². The van der Waals surface area contributed by atoms with E-state index in [2.05, 4.69) is 5.32 Å². The van der Waals surface area contributed by atoms with Gasteiger partial charge >= 0.3 is 5.97 Å². The van der Waals surface area contributed by atoms with Crippen LogP contribution in [0.2, 0.25) is 0 Å². The number of nitrogens with one attached hydrogen (secondary N) is 1. The SMILES string of the molecule is CC(C)CCC(=O)OC(C)C(=O)Nc1ccccc1-c1ccccc1. The molecule has 2 rings (SSSR count). The molecule has 0 radical (unpaired) electrons. The maximum atomic E-state index is 12.4. The van der Waals surface area contributed by atoms with Gasteiger partial charge < -0.3 is 10.1 Å². The molecule has 0 aliphatic carbocycles. The summed E-state index contributed by atoms with van der Waals surface area (Å²) in [4.78, 5) is 24.2. The van der Waals surface area contributed by atoms with E-state index in [1.165, 1.54) is 0 Å². The number of para-hydroxylation sites is 1. The summed E-state index contributed by atoms with van der Waals surface area (Å²) in [6.07, 6.45) is 0.253. The standard InChI is InChI=1S/C21H25NO3/c1-15(2)13-14-20(23)25-16(3)21(24)22-19-12-8-7-11-18(19)17-9-5-4-6-10-17/h4-12,15-16H,13-14H2,1-3H3,(H,22,24). The summed E-state index contributed by atoms with van der Waals surface area (Å²) in [5, 5.41) is 2.86. The molecule has 0 spiro atoms. The maximum Gasteiger partial charge on any atom is 0.306 e. The summed E-state index contributed by atoms with van der Waals surface area (Å²) in [5.74, 6) is -0.247. The lowest BCUT2D eigenvalue weighted by molar-refractivity contribution is -0.153. The van der Waals surface area contributed by atoms with Gasteiger partial charge in [-0.3, -0.25) is 9.59 Å². The Kier molecular flexibility index (Phi) is 6.75. The summed E-state index contributed by atoms with van der Waals surface area (Å²) < 4.78 is 5.23. The fraction of sp³-hybridized carbons (Fsp3) is 0.333. The van der Waals surface area contributed by atoms with Crippen molar-refractivity contribution in [3.8, 4) is 11.1 Å². The zero-order valence-electron chi connectivity index (χ0n) is 15.0. The van der Waals surface area contributed by atoms with Gasteiger partial charge in [-0.1, -0.05) is 62.4 Å². The molecular weight excluding hydrogens is 314 g/mol. The van der Waals surface area contributed by atoms with Crippen molar-refractivity contribution in [2.75, 3.05) is 5.32 Å². The third-order valence-electron chi connectivity index (χ3n) is 3.87. The summed E-state index contributed by atoms with van der Waals surface area (Å²) >= 11 is 0. The zero-order valence-corrected chi connectivity index (χ0v) is 15.0. The van der Waals surface area contributed by atoms with E-state index in [9.17, 15) is 9.59 Å². The van der Waals surface area contributed by atoms with Crippen LogP contribution < -0.4 is 5.32 Å². The molecule has 1 amide bonds. The molecule has 4 nitrogen and oxygen atoms in total. The van der Waals surface area contributed by atoms with Gasteiger partial charge in [-0.25, -0.2) is 0 Å². The Labute approximate surface area is 149 Å². The predicted molar refractivity (Wildman–Crippen MR) is 100 cm³/mol. The highest BCUT2D eigenvalue weighted by molar-refractivity contribution is 5.98. The van der Waals surface area contributed by atoms with Crippen LogP contribution in [0.3, 0.4) is 0 Å². The molecule has 0 fully saturated rings. The van der Waals surface area contributed by atoms with Crippen LogP contribution in [0.1, 0.15) is 33.6 Å². The minimum absolute atomic E-state index is 0.329. The molecule has 132 valence electrons. The molecule has 0 aliphatic heterocycles. The van der Waals surface area contributed by atoms with E-state index >= 15 is 0 Å². The lowest BCUT2D eigenvalue weighted by atomic mass is 10.0. The summed E-state index contributed by atoms with van der Waals surface area (Å²) in [6, 6.07) is 17.4. The van der Waals surface area contributed by atoms with E-state index < -0.39 is 6.10 Å². The number of amides is 1. The molecule has 0 aliphatic rings. The van der Waals surface area contributed by atoms with Crippen molar-refractivity contribution in [3.05, 3.63) is 54.6 Å². The second-order valence-electron chi connectivity index (χ2n) is 6.47. The van der Waals surface area contributed by atoms with Crippen LogP contribution in [0.25, 0.3) is 11.1 Å². The first-order valence-electron chi connectivity index (χ1n) is 8.62. The molecule has 2 aromatic rings. The third-order valence-corrected chi connectivity index (χ3v) is 3.87. The fourth-order valence-corrected chi connectivity index (χ4v) is 2.41. The Balaban J connectivity index is 2.02. The number of hydrogen-bond donors (Lipinski definition) is 1. The Morgan fingerprint density at radius 3 is 2.28 bits per heavy atom. The van der Waals surface area contributed by atoms with E-state index in [0.29, 0.717) is 18.0 Å². The van der Waals surface area contributed by atoms with E-state index in [0.717, 1.165) is 17.5 Å². The average Bonchev–Trinajstić information content (AvgIpc) is 2.61. The van der Waals surface area contributed by atoms with Gasteiger partial charge in [-0.15, -0.1) is 0 Å². The maximum absolute atomic E-state index is 12.4. The number of esters is 1. The number of ether oxygens (including phenoxy) is 1. The van der Waals surface area contributed by atoms with Crippen LogP contribution in [0.5, 0.6) is 0 Å². The average molecular weight is 339 g/mol. The van der Waals surface area contributed by atoms with Crippen LogP contribution in [-0.4, -0.2) is 18.0 Å². The van der Waals surface area contributed by atoms with Gasteiger partial charge in [-0.05, 0) is 30.9 Å². The van der Waals surface area contributed by atoms with Crippen LogP contribution in [-0.2, 0) is 14.3 Å². The van der Waals surface area contributed by atoms with Crippen molar-refractivity contribution in [3.63, 3.8) is 0 Å². The Bertz CT molecular complexity index is 710. The monoisotopic (exact) mass is 339 g/mol. The van der Waals surface area contributed by atoms with E-state index in [1.807, 2.05) is 68.4 Å². The zero-order chi connectivity index (χ0) is 18.2. The quantitative estimate of drug-likeness (QED) is 0.746. The molecule has 1 unspecified atom stereocenters. The van der Waals surface area contributed by atoms with Crippen molar-refractivity contribution >= 4 is 17.6 Å². The van der Waals surface area contributed by atoms with Crippen molar-refractivity contribution in [1.82, 2.24) is 0 Å². The van der Waals surface area contributed by atoms with Crippen molar-refractivity contribution in [1.29, 1.82) is 0 Å². The van der Waals surface area contributed by atoms with Crippen LogP contribution in [0.15, 0.2) is 54.6 Å². The Morgan fingerprint density at radius 2 is 1.60 bits per heavy atom. The van der Waals surface area contributed by atoms with Gasteiger partial charge in [0.15, 0.2) is 6.10 Å². The third kappa shape index (κ3) is 5.75. The van der Waals surface area contributed by atoms with Crippen LogP contribution in [0, 0.1) is 5.92 Å². The minimum atomic E-state index is -0.830. The Hall–Kier alpha value is -2.62. The topological polar surface area (TPSA) is 55.4 Å². The van der Waals surface area contributed by atoms with Crippen molar-refractivity contribution in [2.24, 2.45) is 5.92 Å². The number of carbonyl (C=O) groups is 2. The molecule has 4 heteroatoms. The second-order valence-corrected chi connectivity index (χ2v) is 6.47. The highest BCUT2D eigenvalue weighted by Gasteiger charge is 2.19. The summed E-state index contributed by atoms with van der Waals surface area (Å²) in [6.45, 7) is 5.68. The highest BCUT2D eigenvalue weighted by atomic mass is 16.5. The predicted octanol–water partition coefficient (Wildman–Crippen LogP) is 4.66. The fourth-order valence-electron chi connectivity index (χ4n) is 2.41. The van der Waals surface area contributed by atoms with Gasteiger partial charge in [-0.2, -0.15) is 0 Å². The first-order valence-corrected chi connectivity index (χ1v) is 8.62. The minimum Gasteiger partial charge on any atom is -0.453 e. The molecule has 0 heterocycles. The number of hydrogen-bond acceptors (Lipinski definition) is 3. The summed E-state index contributed by atoms with van der Waals surface area (Å²) in [5.41, 5.74) is 2.64. The van der Waals surface area contributed by atoms with E-state index in [-0.39, 0.29) is 11.9 Å². The Morgan fingerprint density at radius 1 is 0.960 bits per heavy atom. The van der Waals surface area contributed by atoms with Gasteiger partial charge in [0.1, 0.15) is 0 Å². The molecular formula is C21H25NO3. The number of benzene rings is 2. The van der Waals surface area contributed by atoms with Gasteiger partial charge in [0.2, 0.25) is 0 Å². The largest absolute Gasteiger partial charge is 0.453 e. The number of anilines is 1. The highest BCUT2D eigenvalue weighted by Crippen LogP contribution is 2.27. The molecule has 0 saturated heterocycles. The molecule has 2 aromatic carbocycles. The molecule has 1 atom stereocenters. The van der Waals surface area contributed by atoms with Crippen LogP contribution in [0.4, 0.5) is 5.69 Å². The lowest BCUT2D eigenvalue weighted by Crippen LogP contribution is -2.30. The summed E-state index contributed by atoms with van der Waals surface area (Å²) in [7, 11) is 0. The first-order chi connectivity index (χ1) is 12.0. The van der Waals surface area contributed by atoms with Gasteiger partial charge in [0.25, 0.3) is 5.91 Å². The van der Waals surface area contributed by atoms with E-state index in [4.69, 9.17) is 4.74 Å². The van der Waals surface area contributed by atoms with Gasteiger partial charge in [0.05, 0.1) is 0 Å². The lowest BCUT2D eigenvalue weighted by Gasteiger charge is -2.16. The molecule has 1 N–H and O–H groups in total. The number of carbonyl (C=O) groups excluding carboxylic acids is 2. The van der Waals surface area contributed by atoms with Crippen LogP contribution >= 0.6 is 0 Å². The number of rotatable bonds is 7. The molecule has 0 bridgehead atoms. The van der Waals surface area contributed by atoms with E-state index in [1.54, 1.807) is 6.92 Å². The molecule has 0 saturated carbocycles. The van der Waals surface area contributed by atoms with Gasteiger partial charge in [0, 0.05) is 17.7 Å². The first kappa shape index (κ1) is 18.7. The molecule has 25 heavy (non-hydrogen) atoms. The smallest absolute Gasteiger partial charge is 0.306 e.